The average molecular weight is 268 g/mol. The number of carboxylic acids is 1. The lowest BCUT2D eigenvalue weighted by molar-refractivity contribution is 0.0693. The van der Waals surface area contributed by atoms with Crippen LogP contribution in [0, 0.1) is 0 Å². The lowest BCUT2D eigenvalue weighted by Crippen LogP contribution is -1.95. The van der Waals surface area contributed by atoms with E-state index in [1.165, 1.54) is 12.1 Å². The van der Waals surface area contributed by atoms with Crippen LogP contribution in [0.2, 0.25) is 0 Å². The van der Waals surface area contributed by atoms with Crippen LogP contribution in [0.1, 0.15) is 10.4 Å². The molecule has 0 bridgehead atoms. The molecule has 0 saturated carbocycles. The van der Waals surface area contributed by atoms with E-state index in [1.54, 1.807) is 24.5 Å². The third-order valence-electron chi connectivity index (χ3n) is 2.51. The fraction of sp³-hybridized carbons (Fsp3) is 0. The first-order chi connectivity index (χ1) is 9.68. The Kier molecular flexibility index (Phi) is 4.24. The minimum atomic E-state index is -1.11. The van der Waals surface area contributed by atoms with E-state index in [0.717, 1.165) is 11.0 Å². The van der Waals surface area contributed by atoms with Crippen molar-refractivity contribution in [3.8, 4) is 5.75 Å². The molecule has 0 radical (unpaired) electrons. The highest BCUT2D eigenvalue weighted by Gasteiger charge is 2.05. The number of nitrogens with zero attached hydrogens (tertiary/aromatic N) is 2. The van der Waals surface area contributed by atoms with E-state index in [-0.39, 0.29) is 11.3 Å². The number of hydrogen-bond acceptors (Lipinski definition) is 4. The predicted molar refractivity (Wildman–Crippen MR) is 74.6 cm³/mol. The van der Waals surface area contributed by atoms with E-state index < -0.39 is 5.97 Å². The zero-order valence-corrected chi connectivity index (χ0v) is 10.5. The van der Waals surface area contributed by atoms with Crippen molar-refractivity contribution in [1.29, 1.82) is 0 Å². The Bertz CT molecular complexity index is 663. The van der Waals surface area contributed by atoms with E-state index >= 15 is 0 Å². The van der Waals surface area contributed by atoms with Crippen LogP contribution in [0.25, 0.3) is 11.0 Å². The molecule has 0 saturated heterocycles. The summed E-state index contributed by atoms with van der Waals surface area (Å²) in [7, 11) is 0. The van der Waals surface area contributed by atoms with E-state index in [2.05, 4.69) is 9.97 Å². The third-order valence-corrected chi connectivity index (χ3v) is 2.51. The maximum absolute atomic E-state index is 10.3. The number of phenols is 1. The molecule has 5 nitrogen and oxygen atoms in total. The van der Waals surface area contributed by atoms with Crippen LogP contribution in [0.3, 0.4) is 0 Å². The molecule has 3 rings (SSSR count). The van der Waals surface area contributed by atoms with Gasteiger partial charge in [-0.3, -0.25) is 9.97 Å². The van der Waals surface area contributed by atoms with Gasteiger partial charge in [-0.25, -0.2) is 4.79 Å². The number of benzene rings is 2. The van der Waals surface area contributed by atoms with Gasteiger partial charge in [-0.15, -0.1) is 0 Å². The van der Waals surface area contributed by atoms with Gasteiger partial charge in [0.2, 0.25) is 0 Å². The van der Waals surface area contributed by atoms with Crippen molar-refractivity contribution in [2.45, 2.75) is 0 Å². The van der Waals surface area contributed by atoms with Crippen LogP contribution in [-0.2, 0) is 0 Å². The van der Waals surface area contributed by atoms with Crippen molar-refractivity contribution in [3.05, 3.63) is 66.5 Å². The molecule has 100 valence electrons. The molecule has 0 aliphatic rings. The second-order valence-corrected chi connectivity index (χ2v) is 3.87. The minimum Gasteiger partial charge on any atom is -0.507 e. The Balaban J connectivity index is 0.000000147. The van der Waals surface area contributed by atoms with Gasteiger partial charge in [0.15, 0.2) is 0 Å². The van der Waals surface area contributed by atoms with Crippen molar-refractivity contribution in [1.82, 2.24) is 9.97 Å². The predicted octanol–water partition coefficient (Wildman–Crippen LogP) is 2.72. The summed E-state index contributed by atoms with van der Waals surface area (Å²) in [5.41, 5.74) is 1.83. The Labute approximate surface area is 115 Å². The molecule has 20 heavy (non-hydrogen) atoms. The summed E-state index contributed by atoms with van der Waals surface area (Å²) in [4.78, 5) is 18.5. The molecule has 0 unspecified atom stereocenters. The summed E-state index contributed by atoms with van der Waals surface area (Å²) in [5, 5.41) is 17.3. The molecule has 0 aliphatic heterocycles. The fourth-order valence-corrected chi connectivity index (χ4v) is 1.56. The summed E-state index contributed by atoms with van der Waals surface area (Å²) < 4.78 is 0. The molecule has 0 amide bonds. The first kappa shape index (κ1) is 13.5. The number of hydrogen-bond donors (Lipinski definition) is 2. The molecule has 0 atom stereocenters. The van der Waals surface area contributed by atoms with Gasteiger partial charge in [0.25, 0.3) is 0 Å². The first-order valence-electron chi connectivity index (χ1n) is 5.85. The second-order valence-electron chi connectivity index (χ2n) is 3.87. The molecule has 0 fully saturated rings. The first-order valence-corrected chi connectivity index (χ1v) is 5.85. The normalized spacial score (nSPS) is 9.60. The number of fused-ring (bicyclic) bond motifs is 1. The fourth-order valence-electron chi connectivity index (χ4n) is 1.56. The Morgan fingerprint density at radius 3 is 1.80 bits per heavy atom. The molecule has 0 spiro atoms. The van der Waals surface area contributed by atoms with Gasteiger partial charge < -0.3 is 10.2 Å². The molecule has 3 aromatic rings. The van der Waals surface area contributed by atoms with Gasteiger partial charge in [-0.05, 0) is 24.3 Å². The summed E-state index contributed by atoms with van der Waals surface area (Å²) in [6.07, 6.45) is 3.39. The molecule has 5 heteroatoms. The Morgan fingerprint density at radius 2 is 1.35 bits per heavy atom. The highest BCUT2D eigenvalue weighted by molar-refractivity contribution is 5.90. The van der Waals surface area contributed by atoms with Crippen molar-refractivity contribution in [2.75, 3.05) is 0 Å². The van der Waals surface area contributed by atoms with Gasteiger partial charge in [-0.1, -0.05) is 24.3 Å². The van der Waals surface area contributed by atoms with Crippen LogP contribution in [0.5, 0.6) is 5.75 Å². The molecule has 2 aromatic carbocycles. The Morgan fingerprint density at radius 1 is 0.850 bits per heavy atom. The maximum Gasteiger partial charge on any atom is 0.339 e. The SMILES string of the molecule is O=C(O)c1ccccc1O.c1ccc2nccnc2c1. The monoisotopic (exact) mass is 268 g/mol. The van der Waals surface area contributed by atoms with Gasteiger partial charge in [0, 0.05) is 12.4 Å². The largest absolute Gasteiger partial charge is 0.507 e. The second kappa shape index (κ2) is 6.29. The van der Waals surface area contributed by atoms with Gasteiger partial charge in [0.1, 0.15) is 11.3 Å². The smallest absolute Gasteiger partial charge is 0.339 e. The lowest BCUT2D eigenvalue weighted by atomic mass is 10.2. The van der Waals surface area contributed by atoms with Crippen molar-refractivity contribution in [2.24, 2.45) is 0 Å². The zero-order chi connectivity index (χ0) is 14.4. The standard InChI is InChI=1S/C8H6N2.C7H6O3/c1-2-4-8-7(3-1)9-5-6-10-8;8-6-4-2-1-3-5(6)7(9)10/h1-6H;1-4,8H,(H,9,10). The minimum absolute atomic E-state index is 0.0671. The van der Waals surface area contributed by atoms with E-state index in [1.807, 2.05) is 24.3 Å². The topological polar surface area (TPSA) is 83.3 Å². The van der Waals surface area contributed by atoms with E-state index in [4.69, 9.17) is 10.2 Å². The van der Waals surface area contributed by atoms with Crippen LogP contribution in [0.4, 0.5) is 0 Å². The Hall–Kier alpha value is -2.95. The number of carbonyl (C=O) groups is 1. The number of aromatic nitrogens is 2. The van der Waals surface area contributed by atoms with Crippen molar-refractivity contribution in [3.63, 3.8) is 0 Å². The van der Waals surface area contributed by atoms with Crippen LogP contribution in [0.15, 0.2) is 60.9 Å². The third kappa shape index (κ3) is 3.29. The molecule has 1 heterocycles. The summed E-state index contributed by atoms with van der Waals surface area (Å²) >= 11 is 0. The summed E-state index contributed by atoms with van der Waals surface area (Å²) in [6.45, 7) is 0. The summed E-state index contributed by atoms with van der Waals surface area (Å²) in [6, 6.07) is 13.6. The van der Waals surface area contributed by atoms with Crippen LogP contribution in [-0.4, -0.2) is 26.2 Å². The van der Waals surface area contributed by atoms with Gasteiger partial charge in [-0.2, -0.15) is 0 Å². The van der Waals surface area contributed by atoms with E-state index in [9.17, 15) is 4.79 Å². The number of aromatic carboxylic acids is 1. The number of rotatable bonds is 1. The molecule has 1 aromatic heterocycles. The number of para-hydroxylation sites is 3. The average Bonchev–Trinajstić information content (AvgIpc) is 2.48. The van der Waals surface area contributed by atoms with Crippen molar-refractivity contribution >= 4 is 17.0 Å². The summed E-state index contributed by atoms with van der Waals surface area (Å²) in [5.74, 6) is -1.31. The highest BCUT2D eigenvalue weighted by atomic mass is 16.4. The number of aromatic hydroxyl groups is 1. The maximum atomic E-state index is 10.3. The quantitative estimate of drug-likeness (QED) is 0.709. The zero-order valence-electron chi connectivity index (χ0n) is 10.5. The highest BCUT2D eigenvalue weighted by Crippen LogP contribution is 2.14. The molecule has 0 aliphatic carbocycles. The van der Waals surface area contributed by atoms with Gasteiger partial charge >= 0.3 is 5.97 Å². The van der Waals surface area contributed by atoms with Crippen LogP contribution >= 0.6 is 0 Å². The lowest BCUT2D eigenvalue weighted by Gasteiger charge is -1.95. The molecule has 2 N–H and O–H groups in total. The van der Waals surface area contributed by atoms with Crippen molar-refractivity contribution < 1.29 is 15.0 Å². The number of carboxylic acid groups (broad SMARTS) is 1. The van der Waals surface area contributed by atoms with Gasteiger partial charge in [0.05, 0.1) is 11.0 Å². The molecular weight excluding hydrogens is 256 g/mol. The van der Waals surface area contributed by atoms with Crippen LogP contribution < -0.4 is 0 Å². The van der Waals surface area contributed by atoms with E-state index in [0.29, 0.717) is 0 Å². The molecular formula is C15H12N2O3.